The van der Waals surface area contributed by atoms with Gasteiger partial charge in [0.05, 0.1) is 13.2 Å². The SMILES string of the molecule is CCCCCCC(CCCCCC)COP(=O)(O)O.CCCCN(CCO)CCCC. The summed E-state index contributed by atoms with van der Waals surface area (Å²) in [4.78, 5) is 19.9. The van der Waals surface area contributed by atoms with Crippen LogP contribution in [0.1, 0.15) is 118 Å². The van der Waals surface area contributed by atoms with Crippen molar-refractivity contribution in [3.05, 3.63) is 0 Å². The van der Waals surface area contributed by atoms with E-state index in [0.29, 0.717) is 12.5 Å². The molecule has 0 aromatic carbocycles. The van der Waals surface area contributed by atoms with E-state index >= 15 is 0 Å². The molecule has 0 fully saturated rings. The van der Waals surface area contributed by atoms with Gasteiger partial charge in [-0.3, -0.25) is 4.52 Å². The fourth-order valence-corrected chi connectivity index (χ4v) is 3.88. The van der Waals surface area contributed by atoms with Crippen molar-refractivity contribution in [1.82, 2.24) is 4.90 Å². The summed E-state index contributed by atoms with van der Waals surface area (Å²) in [6, 6.07) is 0. The smallest absolute Gasteiger partial charge is 0.395 e. The molecule has 0 bridgehead atoms. The van der Waals surface area contributed by atoms with Crippen molar-refractivity contribution in [2.24, 2.45) is 5.92 Å². The minimum absolute atomic E-state index is 0.197. The third kappa shape index (κ3) is 28.0. The van der Waals surface area contributed by atoms with E-state index in [0.717, 1.165) is 45.3 Å². The van der Waals surface area contributed by atoms with E-state index in [-0.39, 0.29) is 6.61 Å². The zero-order valence-electron chi connectivity index (χ0n) is 21.1. The van der Waals surface area contributed by atoms with Gasteiger partial charge in [-0.15, -0.1) is 0 Å². The van der Waals surface area contributed by atoms with Crippen LogP contribution in [-0.4, -0.2) is 52.6 Å². The average molecular weight is 468 g/mol. The molecule has 0 aliphatic rings. The maximum Gasteiger partial charge on any atom is 0.469 e. The van der Waals surface area contributed by atoms with Gasteiger partial charge in [0.15, 0.2) is 0 Å². The lowest BCUT2D eigenvalue weighted by Gasteiger charge is -2.20. The molecular formula is C24H54NO5P. The largest absolute Gasteiger partial charge is 0.469 e. The van der Waals surface area contributed by atoms with Gasteiger partial charge in [0.1, 0.15) is 0 Å². The average Bonchev–Trinajstić information content (AvgIpc) is 2.73. The molecule has 0 amide bonds. The number of nitrogens with zero attached hydrogens (tertiary/aromatic N) is 1. The Labute approximate surface area is 193 Å². The summed E-state index contributed by atoms with van der Waals surface area (Å²) in [5.74, 6) is 0.293. The lowest BCUT2D eigenvalue weighted by atomic mass is 9.95. The Hall–Kier alpha value is 0.0300. The summed E-state index contributed by atoms with van der Waals surface area (Å²) >= 11 is 0. The van der Waals surface area contributed by atoms with Crippen LogP contribution in [0.3, 0.4) is 0 Å². The molecule has 0 saturated carbocycles. The number of rotatable bonds is 21. The van der Waals surface area contributed by atoms with Gasteiger partial charge >= 0.3 is 7.82 Å². The molecule has 0 aromatic heterocycles. The molecule has 0 atom stereocenters. The van der Waals surface area contributed by atoms with E-state index in [2.05, 4.69) is 37.1 Å². The van der Waals surface area contributed by atoms with Gasteiger partial charge in [-0.05, 0) is 44.7 Å². The van der Waals surface area contributed by atoms with Crippen LogP contribution in [0.4, 0.5) is 0 Å². The minimum atomic E-state index is -4.31. The Morgan fingerprint density at radius 2 is 1.16 bits per heavy atom. The lowest BCUT2D eigenvalue weighted by Crippen LogP contribution is -2.28. The highest BCUT2D eigenvalue weighted by molar-refractivity contribution is 7.46. The lowest BCUT2D eigenvalue weighted by molar-refractivity contribution is 0.157. The molecule has 0 radical (unpaired) electrons. The highest BCUT2D eigenvalue weighted by atomic mass is 31.2. The third-order valence-corrected chi connectivity index (χ3v) is 5.97. The van der Waals surface area contributed by atoms with E-state index in [1.807, 2.05) is 0 Å². The van der Waals surface area contributed by atoms with Crippen molar-refractivity contribution in [2.45, 2.75) is 118 Å². The molecule has 0 spiro atoms. The van der Waals surface area contributed by atoms with E-state index in [1.165, 1.54) is 64.2 Å². The molecule has 6 nitrogen and oxygen atoms in total. The summed E-state index contributed by atoms with van der Waals surface area (Å²) in [5, 5.41) is 8.79. The predicted octanol–water partition coefficient (Wildman–Crippen LogP) is 6.53. The number of phosphoric ester groups is 1. The summed E-state index contributed by atoms with van der Waals surface area (Å²) in [7, 11) is -4.31. The summed E-state index contributed by atoms with van der Waals surface area (Å²) in [5.41, 5.74) is 0. The zero-order chi connectivity index (χ0) is 23.8. The second kappa shape index (κ2) is 24.7. The van der Waals surface area contributed by atoms with Gasteiger partial charge in [-0.1, -0.05) is 91.9 Å². The van der Waals surface area contributed by atoms with Crippen molar-refractivity contribution < 1.29 is 24.0 Å². The van der Waals surface area contributed by atoms with Crippen LogP contribution >= 0.6 is 7.82 Å². The Balaban J connectivity index is 0. The quantitative estimate of drug-likeness (QED) is 0.131. The third-order valence-electron chi connectivity index (χ3n) is 5.48. The van der Waals surface area contributed by atoms with Crippen molar-refractivity contribution >= 4 is 7.82 Å². The second-order valence-corrected chi connectivity index (χ2v) is 9.86. The summed E-state index contributed by atoms with van der Waals surface area (Å²) in [6.45, 7) is 12.4. The van der Waals surface area contributed by atoms with E-state index in [1.54, 1.807) is 0 Å². The number of aliphatic hydroxyl groups excluding tert-OH is 1. The van der Waals surface area contributed by atoms with Crippen molar-refractivity contribution in [3.8, 4) is 0 Å². The Kier molecular flexibility index (Phi) is 26.4. The topological polar surface area (TPSA) is 90.2 Å². The van der Waals surface area contributed by atoms with Gasteiger partial charge in [0.25, 0.3) is 0 Å². The molecule has 3 N–H and O–H groups in total. The monoisotopic (exact) mass is 467 g/mol. The van der Waals surface area contributed by atoms with Gasteiger partial charge in [-0.25, -0.2) is 4.57 Å². The Bertz CT molecular complexity index is 372. The molecule has 0 aliphatic carbocycles. The predicted molar refractivity (Wildman–Crippen MR) is 132 cm³/mol. The van der Waals surface area contributed by atoms with E-state index < -0.39 is 7.82 Å². The van der Waals surface area contributed by atoms with Gasteiger partial charge in [0, 0.05) is 6.54 Å². The standard InChI is InChI=1S/C14H31O4P.C10H23NO/c1-3-5-7-9-11-14(12-10-8-6-4-2)13-18-19(15,16)17;1-3-5-7-11(9-10-12)8-6-4-2/h14H,3-13H2,1-2H3,(H2,15,16,17);12H,3-10H2,1-2H3. The van der Waals surface area contributed by atoms with Gasteiger partial charge < -0.3 is 19.8 Å². The fourth-order valence-electron chi connectivity index (χ4n) is 3.47. The Morgan fingerprint density at radius 1 is 0.710 bits per heavy atom. The Morgan fingerprint density at radius 3 is 1.52 bits per heavy atom. The van der Waals surface area contributed by atoms with E-state index in [4.69, 9.17) is 14.9 Å². The summed E-state index contributed by atoms with van der Waals surface area (Å²) < 4.78 is 15.4. The number of aliphatic hydroxyl groups is 1. The normalized spacial score (nSPS) is 11.8. The molecule has 7 heteroatoms. The molecule has 0 aromatic rings. The number of hydrogen-bond donors (Lipinski definition) is 3. The van der Waals surface area contributed by atoms with Crippen molar-refractivity contribution in [1.29, 1.82) is 0 Å². The van der Waals surface area contributed by atoms with Crippen LogP contribution in [0, 0.1) is 5.92 Å². The first-order valence-corrected chi connectivity index (χ1v) is 14.4. The van der Waals surface area contributed by atoms with Crippen LogP contribution in [0.15, 0.2) is 0 Å². The molecule has 0 rings (SSSR count). The minimum Gasteiger partial charge on any atom is -0.395 e. The first kappa shape index (κ1) is 33.2. The van der Waals surface area contributed by atoms with Crippen LogP contribution in [0.2, 0.25) is 0 Å². The molecule has 190 valence electrons. The highest BCUT2D eigenvalue weighted by Gasteiger charge is 2.18. The van der Waals surface area contributed by atoms with Crippen LogP contribution in [-0.2, 0) is 9.09 Å². The highest BCUT2D eigenvalue weighted by Crippen LogP contribution is 2.37. The first-order valence-electron chi connectivity index (χ1n) is 12.9. The summed E-state index contributed by atoms with van der Waals surface area (Å²) in [6.07, 6.45) is 16.6. The molecule has 0 aliphatic heterocycles. The van der Waals surface area contributed by atoms with Crippen LogP contribution < -0.4 is 0 Å². The molecule has 0 saturated heterocycles. The van der Waals surface area contributed by atoms with Gasteiger partial charge in [0.2, 0.25) is 0 Å². The van der Waals surface area contributed by atoms with Crippen molar-refractivity contribution in [3.63, 3.8) is 0 Å². The maximum absolute atomic E-state index is 10.8. The maximum atomic E-state index is 10.8. The van der Waals surface area contributed by atoms with Crippen molar-refractivity contribution in [2.75, 3.05) is 32.8 Å². The van der Waals surface area contributed by atoms with Crippen LogP contribution in [0.25, 0.3) is 0 Å². The van der Waals surface area contributed by atoms with Crippen LogP contribution in [0.5, 0.6) is 0 Å². The number of unbranched alkanes of at least 4 members (excludes halogenated alkanes) is 8. The zero-order valence-corrected chi connectivity index (χ0v) is 22.0. The number of hydrogen-bond acceptors (Lipinski definition) is 4. The second-order valence-electron chi connectivity index (χ2n) is 8.62. The van der Waals surface area contributed by atoms with E-state index in [9.17, 15) is 4.57 Å². The molecule has 31 heavy (non-hydrogen) atoms. The molecule has 0 unspecified atom stereocenters. The number of phosphoric acid groups is 1. The molecular weight excluding hydrogens is 413 g/mol. The fraction of sp³-hybridized carbons (Fsp3) is 1.00. The van der Waals surface area contributed by atoms with Gasteiger partial charge in [-0.2, -0.15) is 0 Å². The molecule has 0 heterocycles. The first-order chi connectivity index (χ1) is 14.8.